The molecular formula is C15H18F3N3S. The molecule has 0 saturated heterocycles. The average molecular weight is 329 g/mol. The SMILES string of the molecule is FC(F)(F)c1cccnc1NC(=S)NCCC1=CCCCC1. The number of hydrogen-bond acceptors (Lipinski definition) is 2. The normalized spacial score (nSPS) is 15.1. The third-order valence-corrected chi connectivity index (χ3v) is 3.71. The first-order valence-electron chi connectivity index (χ1n) is 7.22. The monoisotopic (exact) mass is 329 g/mol. The molecule has 7 heteroatoms. The zero-order chi connectivity index (χ0) is 16.0. The summed E-state index contributed by atoms with van der Waals surface area (Å²) in [6, 6.07) is 2.23. The predicted molar refractivity (Wildman–Crippen MR) is 84.6 cm³/mol. The lowest BCUT2D eigenvalue weighted by molar-refractivity contribution is -0.137. The van der Waals surface area contributed by atoms with E-state index in [0.717, 1.165) is 25.3 Å². The number of alkyl halides is 3. The van der Waals surface area contributed by atoms with Gasteiger partial charge in [0.25, 0.3) is 0 Å². The van der Waals surface area contributed by atoms with Gasteiger partial charge in [0, 0.05) is 12.7 Å². The highest BCUT2D eigenvalue weighted by atomic mass is 32.1. The Bertz CT molecular complexity index is 555. The van der Waals surface area contributed by atoms with Gasteiger partial charge in [-0.25, -0.2) is 4.98 Å². The van der Waals surface area contributed by atoms with E-state index in [9.17, 15) is 13.2 Å². The van der Waals surface area contributed by atoms with Gasteiger partial charge in [-0.2, -0.15) is 13.2 Å². The topological polar surface area (TPSA) is 37.0 Å². The molecule has 22 heavy (non-hydrogen) atoms. The smallest absolute Gasteiger partial charge is 0.362 e. The van der Waals surface area contributed by atoms with Crippen molar-refractivity contribution in [2.24, 2.45) is 0 Å². The van der Waals surface area contributed by atoms with Crippen LogP contribution in [0.25, 0.3) is 0 Å². The van der Waals surface area contributed by atoms with Crippen LogP contribution in [0.5, 0.6) is 0 Å². The highest BCUT2D eigenvalue weighted by Crippen LogP contribution is 2.33. The number of allylic oxidation sites excluding steroid dienone is 1. The van der Waals surface area contributed by atoms with E-state index in [1.807, 2.05) is 0 Å². The third kappa shape index (κ3) is 4.98. The Morgan fingerprint density at radius 1 is 1.32 bits per heavy atom. The second kappa shape index (κ2) is 7.58. The molecule has 120 valence electrons. The van der Waals surface area contributed by atoms with E-state index in [1.165, 1.54) is 30.7 Å². The predicted octanol–water partition coefficient (Wildman–Crippen LogP) is 4.28. The lowest BCUT2D eigenvalue weighted by Gasteiger charge is -2.16. The minimum absolute atomic E-state index is 0.153. The summed E-state index contributed by atoms with van der Waals surface area (Å²) in [4.78, 5) is 3.71. The number of anilines is 1. The summed E-state index contributed by atoms with van der Waals surface area (Å²) >= 11 is 5.04. The fraction of sp³-hybridized carbons (Fsp3) is 0.467. The first kappa shape index (κ1) is 16.7. The number of aromatic nitrogens is 1. The highest BCUT2D eigenvalue weighted by molar-refractivity contribution is 7.80. The van der Waals surface area contributed by atoms with Crippen LogP contribution in [0.1, 0.15) is 37.7 Å². The van der Waals surface area contributed by atoms with Crippen LogP contribution < -0.4 is 10.6 Å². The first-order chi connectivity index (χ1) is 10.5. The van der Waals surface area contributed by atoms with E-state index < -0.39 is 11.7 Å². The summed E-state index contributed by atoms with van der Waals surface area (Å²) < 4.78 is 38.5. The molecule has 0 unspecified atom stereocenters. The number of hydrogen-bond donors (Lipinski definition) is 2. The molecule has 2 N–H and O–H groups in total. The minimum Gasteiger partial charge on any atom is -0.362 e. The van der Waals surface area contributed by atoms with Gasteiger partial charge in [-0.1, -0.05) is 11.6 Å². The standard InChI is InChI=1S/C15H18F3N3S/c16-15(17,18)12-7-4-9-19-13(12)21-14(22)20-10-8-11-5-2-1-3-6-11/h4-5,7,9H,1-3,6,8,10H2,(H2,19,20,21,22). The summed E-state index contributed by atoms with van der Waals surface area (Å²) in [5, 5.41) is 5.61. The fourth-order valence-electron chi connectivity index (χ4n) is 2.35. The van der Waals surface area contributed by atoms with Crippen molar-refractivity contribution in [3.63, 3.8) is 0 Å². The maximum Gasteiger partial charge on any atom is 0.419 e. The number of nitrogens with one attached hydrogen (secondary N) is 2. The number of pyridine rings is 1. The lowest BCUT2D eigenvalue weighted by atomic mass is 9.97. The van der Waals surface area contributed by atoms with Crippen molar-refractivity contribution in [1.29, 1.82) is 0 Å². The van der Waals surface area contributed by atoms with Crippen LogP contribution in [0.15, 0.2) is 30.0 Å². The number of halogens is 3. The van der Waals surface area contributed by atoms with Crippen molar-refractivity contribution >= 4 is 23.1 Å². The zero-order valence-electron chi connectivity index (χ0n) is 12.0. The molecule has 1 aromatic heterocycles. The van der Waals surface area contributed by atoms with Gasteiger partial charge >= 0.3 is 6.18 Å². The first-order valence-corrected chi connectivity index (χ1v) is 7.62. The van der Waals surface area contributed by atoms with Gasteiger partial charge in [0.2, 0.25) is 0 Å². The highest BCUT2D eigenvalue weighted by Gasteiger charge is 2.34. The molecular weight excluding hydrogens is 311 g/mol. The number of nitrogens with zero attached hydrogens (tertiary/aromatic N) is 1. The molecule has 1 aliphatic carbocycles. The lowest BCUT2D eigenvalue weighted by Crippen LogP contribution is -2.30. The van der Waals surface area contributed by atoms with Crippen LogP contribution in [0.3, 0.4) is 0 Å². The Morgan fingerprint density at radius 2 is 2.14 bits per heavy atom. The maximum atomic E-state index is 12.8. The van der Waals surface area contributed by atoms with Crippen molar-refractivity contribution < 1.29 is 13.2 Å². The molecule has 0 aromatic carbocycles. The molecule has 1 aromatic rings. The van der Waals surface area contributed by atoms with Crippen LogP contribution in [0.4, 0.5) is 19.0 Å². The number of thiocarbonyl (C=S) groups is 1. The average Bonchev–Trinajstić information content (AvgIpc) is 2.48. The van der Waals surface area contributed by atoms with Gasteiger partial charge in [0.05, 0.1) is 5.56 Å². The van der Waals surface area contributed by atoms with Gasteiger partial charge in [-0.05, 0) is 56.5 Å². The Kier molecular flexibility index (Phi) is 5.76. The van der Waals surface area contributed by atoms with Crippen molar-refractivity contribution in [3.8, 4) is 0 Å². The van der Waals surface area contributed by atoms with E-state index in [4.69, 9.17) is 12.2 Å². The second-order valence-electron chi connectivity index (χ2n) is 5.14. The van der Waals surface area contributed by atoms with Gasteiger partial charge in [-0.15, -0.1) is 0 Å². The summed E-state index contributed by atoms with van der Waals surface area (Å²) in [5.74, 6) is -0.274. The van der Waals surface area contributed by atoms with Gasteiger partial charge in [0.1, 0.15) is 5.82 Å². The van der Waals surface area contributed by atoms with Gasteiger partial charge in [0.15, 0.2) is 5.11 Å². The van der Waals surface area contributed by atoms with E-state index in [2.05, 4.69) is 21.7 Å². The minimum atomic E-state index is -4.46. The molecule has 3 nitrogen and oxygen atoms in total. The quantitative estimate of drug-likeness (QED) is 0.639. The summed E-state index contributed by atoms with van der Waals surface area (Å²) in [6.45, 7) is 0.603. The van der Waals surface area contributed by atoms with E-state index >= 15 is 0 Å². The van der Waals surface area contributed by atoms with Crippen molar-refractivity contribution in [2.75, 3.05) is 11.9 Å². The summed E-state index contributed by atoms with van der Waals surface area (Å²) in [7, 11) is 0. The zero-order valence-corrected chi connectivity index (χ0v) is 12.9. The summed E-state index contributed by atoms with van der Waals surface area (Å²) in [6.07, 6.45) is 4.58. The molecule has 2 rings (SSSR count). The van der Waals surface area contributed by atoms with E-state index in [0.29, 0.717) is 6.54 Å². The van der Waals surface area contributed by atoms with Crippen LogP contribution in [0.2, 0.25) is 0 Å². The van der Waals surface area contributed by atoms with Gasteiger partial charge in [-0.3, -0.25) is 0 Å². The molecule has 1 aliphatic rings. The van der Waals surface area contributed by atoms with Crippen LogP contribution in [-0.4, -0.2) is 16.6 Å². The molecule has 0 bridgehead atoms. The van der Waals surface area contributed by atoms with Gasteiger partial charge < -0.3 is 10.6 Å². The number of rotatable bonds is 4. The fourth-order valence-corrected chi connectivity index (χ4v) is 2.55. The molecule has 0 saturated carbocycles. The largest absolute Gasteiger partial charge is 0.419 e. The Labute approximate surface area is 133 Å². The molecule has 0 aliphatic heterocycles. The molecule has 1 heterocycles. The van der Waals surface area contributed by atoms with Crippen molar-refractivity contribution in [2.45, 2.75) is 38.3 Å². The summed E-state index contributed by atoms with van der Waals surface area (Å²) in [5.41, 5.74) is 0.560. The Hall–Kier alpha value is -1.63. The molecule has 0 amide bonds. The third-order valence-electron chi connectivity index (χ3n) is 3.46. The molecule has 0 spiro atoms. The van der Waals surface area contributed by atoms with Crippen LogP contribution in [-0.2, 0) is 6.18 Å². The van der Waals surface area contributed by atoms with Crippen LogP contribution >= 0.6 is 12.2 Å². The van der Waals surface area contributed by atoms with E-state index in [1.54, 1.807) is 0 Å². The van der Waals surface area contributed by atoms with Crippen molar-refractivity contribution in [1.82, 2.24) is 10.3 Å². The van der Waals surface area contributed by atoms with Crippen molar-refractivity contribution in [3.05, 3.63) is 35.5 Å². The molecule has 0 atom stereocenters. The molecule has 0 fully saturated rings. The maximum absolute atomic E-state index is 12.8. The second-order valence-corrected chi connectivity index (χ2v) is 5.54. The molecule has 0 radical (unpaired) electrons. The van der Waals surface area contributed by atoms with Crippen LogP contribution in [0, 0.1) is 0 Å². The Balaban J connectivity index is 1.86. The van der Waals surface area contributed by atoms with E-state index in [-0.39, 0.29) is 10.9 Å². The Morgan fingerprint density at radius 3 is 2.82 bits per heavy atom.